The lowest BCUT2D eigenvalue weighted by Gasteiger charge is -2.39. The third-order valence-electron chi connectivity index (χ3n) is 4.41. The number of nitrogens with zero attached hydrogens (tertiary/aromatic N) is 1. The molecule has 3 unspecified atom stereocenters. The Morgan fingerprint density at radius 2 is 2.11 bits per heavy atom. The summed E-state index contributed by atoms with van der Waals surface area (Å²) in [5, 5.41) is 0. The van der Waals surface area contributed by atoms with Crippen molar-refractivity contribution < 1.29 is 4.74 Å². The fraction of sp³-hybridized carbons (Fsp3) is 0.625. The second kappa shape index (κ2) is 6.04. The van der Waals surface area contributed by atoms with Gasteiger partial charge in [-0.1, -0.05) is 30.3 Å². The summed E-state index contributed by atoms with van der Waals surface area (Å²) in [6, 6.07) is 11.4. The topological polar surface area (TPSA) is 38.5 Å². The van der Waals surface area contributed by atoms with Crippen molar-refractivity contribution in [1.29, 1.82) is 0 Å². The molecule has 1 aromatic rings. The van der Waals surface area contributed by atoms with E-state index in [0.717, 1.165) is 26.1 Å². The van der Waals surface area contributed by atoms with Gasteiger partial charge in [-0.05, 0) is 31.2 Å². The molecule has 3 atom stereocenters. The zero-order valence-corrected chi connectivity index (χ0v) is 11.5. The normalized spacial score (nSPS) is 29.1. The highest BCUT2D eigenvalue weighted by Crippen LogP contribution is 2.29. The van der Waals surface area contributed by atoms with E-state index in [9.17, 15) is 0 Å². The highest BCUT2D eigenvalue weighted by atomic mass is 16.5. The summed E-state index contributed by atoms with van der Waals surface area (Å²) < 4.78 is 5.85. The number of fused-ring (bicyclic) bond motifs is 1. The Morgan fingerprint density at radius 1 is 1.26 bits per heavy atom. The molecule has 2 fully saturated rings. The van der Waals surface area contributed by atoms with Crippen molar-refractivity contribution in [3.8, 4) is 0 Å². The van der Waals surface area contributed by atoms with Gasteiger partial charge < -0.3 is 10.5 Å². The van der Waals surface area contributed by atoms with E-state index in [2.05, 4.69) is 35.2 Å². The van der Waals surface area contributed by atoms with E-state index in [-0.39, 0.29) is 6.04 Å². The van der Waals surface area contributed by atoms with Crippen molar-refractivity contribution in [2.24, 2.45) is 5.73 Å². The molecule has 1 aromatic carbocycles. The monoisotopic (exact) mass is 260 g/mol. The Hall–Kier alpha value is -0.900. The summed E-state index contributed by atoms with van der Waals surface area (Å²) in [6.45, 7) is 2.92. The summed E-state index contributed by atoms with van der Waals surface area (Å²) in [6.07, 6.45) is 5.25. The van der Waals surface area contributed by atoms with Gasteiger partial charge in [-0.15, -0.1) is 0 Å². The van der Waals surface area contributed by atoms with Crippen LogP contribution in [-0.4, -0.2) is 42.8 Å². The molecule has 1 saturated carbocycles. The van der Waals surface area contributed by atoms with Crippen LogP contribution >= 0.6 is 0 Å². The first kappa shape index (κ1) is 13.1. The highest BCUT2D eigenvalue weighted by Gasteiger charge is 2.36. The summed E-state index contributed by atoms with van der Waals surface area (Å²) in [5.74, 6) is 0. The third kappa shape index (κ3) is 3.16. The van der Waals surface area contributed by atoms with Crippen LogP contribution in [0.2, 0.25) is 0 Å². The average Bonchev–Trinajstić information content (AvgIpc) is 2.89. The predicted octanol–water partition coefficient (Wildman–Crippen LogP) is 1.81. The first-order valence-electron chi connectivity index (χ1n) is 7.48. The number of hydrogen-bond acceptors (Lipinski definition) is 3. The van der Waals surface area contributed by atoms with Crippen molar-refractivity contribution in [1.82, 2.24) is 4.90 Å². The molecule has 104 valence electrons. The van der Waals surface area contributed by atoms with Gasteiger partial charge in [-0.2, -0.15) is 0 Å². The van der Waals surface area contributed by atoms with Crippen LogP contribution in [-0.2, 0) is 11.2 Å². The summed E-state index contributed by atoms with van der Waals surface area (Å²) in [7, 11) is 0. The van der Waals surface area contributed by atoms with Crippen LogP contribution in [0.1, 0.15) is 24.8 Å². The summed E-state index contributed by atoms with van der Waals surface area (Å²) in [4.78, 5) is 2.56. The van der Waals surface area contributed by atoms with Crippen LogP contribution in [0.4, 0.5) is 0 Å². The molecule has 0 bridgehead atoms. The third-order valence-corrected chi connectivity index (χ3v) is 4.41. The number of ether oxygens (including phenoxy) is 1. The van der Waals surface area contributed by atoms with Gasteiger partial charge in [-0.3, -0.25) is 4.90 Å². The molecule has 3 nitrogen and oxygen atoms in total. The lowest BCUT2D eigenvalue weighted by molar-refractivity contribution is -0.0570. The lowest BCUT2D eigenvalue weighted by atomic mass is 10.0. The maximum Gasteiger partial charge on any atom is 0.0730 e. The fourth-order valence-corrected chi connectivity index (χ4v) is 3.52. The number of morpholine rings is 1. The first-order chi connectivity index (χ1) is 9.33. The SMILES string of the molecule is NC(Cc1ccccc1)CN1CCOC2CCCC21. The molecule has 3 rings (SSSR count). The molecule has 2 aliphatic rings. The van der Waals surface area contributed by atoms with Gasteiger partial charge in [0.25, 0.3) is 0 Å². The molecule has 0 amide bonds. The van der Waals surface area contributed by atoms with E-state index in [0.29, 0.717) is 12.1 Å². The Bertz CT molecular complexity index is 395. The minimum Gasteiger partial charge on any atom is -0.375 e. The van der Waals surface area contributed by atoms with E-state index < -0.39 is 0 Å². The molecule has 3 heteroatoms. The van der Waals surface area contributed by atoms with E-state index >= 15 is 0 Å². The second-order valence-electron chi connectivity index (χ2n) is 5.85. The van der Waals surface area contributed by atoms with Gasteiger partial charge in [0.2, 0.25) is 0 Å². The van der Waals surface area contributed by atoms with E-state index in [1.165, 1.54) is 24.8 Å². The van der Waals surface area contributed by atoms with Crippen LogP contribution < -0.4 is 5.73 Å². The van der Waals surface area contributed by atoms with Crippen molar-refractivity contribution in [3.63, 3.8) is 0 Å². The van der Waals surface area contributed by atoms with Crippen LogP contribution in [0.15, 0.2) is 30.3 Å². The number of hydrogen-bond donors (Lipinski definition) is 1. The minimum absolute atomic E-state index is 0.224. The van der Waals surface area contributed by atoms with Gasteiger partial charge in [-0.25, -0.2) is 0 Å². The molecular formula is C16H24N2O. The van der Waals surface area contributed by atoms with Gasteiger partial charge in [0, 0.05) is 25.2 Å². The highest BCUT2D eigenvalue weighted by molar-refractivity contribution is 5.15. The van der Waals surface area contributed by atoms with Gasteiger partial charge in [0.05, 0.1) is 12.7 Å². The van der Waals surface area contributed by atoms with Crippen LogP contribution in [0, 0.1) is 0 Å². The Kier molecular flexibility index (Phi) is 4.16. The number of rotatable bonds is 4. The predicted molar refractivity (Wildman–Crippen MR) is 77.1 cm³/mol. The Balaban J connectivity index is 1.55. The summed E-state index contributed by atoms with van der Waals surface area (Å²) >= 11 is 0. The number of benzene rings is 1. The van der Waals surface area contributed by atoms with Gasteiger partial charge in [0.1, 0.15) is 0 Å². The maximum atomic E-state index is 6.34. The van der Waals surface area contributed by atoms with E-state index in [1.807, 2.05) is 0 Å². The molecule has 2 N–H and O–H groups in total. The van der Waals surface area contributed by atoms with E-state index in [1.54, 1.807) is 0 Å². The molecule has 1 aliphatic carbocycles. The molecular weight excluding hydrogens is 236 g/mol. The van der Waals surface area contributed by atoms with Gasteiger partial charge in [0.15, 0.2) is 0 Å². The molecule has 1 saturated heterocycles. The Labute approximate surface area is 115 Å². The van der Waals surface area contributed by atoms with Gasteiger partial charge >= 0.3 is 0 Å². The van der Waals surface area contributed by atoms with Crippen LogP contribution in [0.5, 0.6) is 0 Å². The van der Waals surface area contributed by atoms with Crippen LogP contribution in [0.25, 0.3) is 0 Å². The standard InChI is InChI=1S/C16H24N2O/c17-14(11-13-5-2-1-3-6-13)12-18-9-10-19-16-8-4-7-15(16)18/h1-3,5-6,14-16H,4,7-12,17H2. The lowest BCUT2D eigenvalue weighted by Crippen LogP contribution is -2.52. The van der Waals surface area contributed by atoms with Crippen molar-refractivity contribution >= 4 is 0 Å². The molecule has 0 spiro atoms. The smallest absolute Gasteiger partial charge is 0.0730 e. The fourth-order valence-electron chi connectivity index (χ4n) is 3.52. The Morgan fingerprint density at radius 3 is 2.95 bits per heavy atom. The molecule has 1 aliphatic heterocycles. The van der Waals surface area contributed by atoms with Crippen molar-refractivity contribution in [2.75, 3.05) is 19.7 Å². The molecule has 0 radical (unpaired) electrons. The summed E-state index contributed by atoms with van der Waals surface area (Å²) in [5.41, 5.74) is 7.68. The maximum absolute atomic E-state index is 6.34. The first-order valence-corrected chi connectivity index (χ1v) is 7.48. The zero-order valence-electron chi connectivity index (χ0n) is 11.5. The molecule has 1 heterocycles. The van der Waals surface area contributed by atoms with Crippen molar-refractivity contribution in [3.05, 3.63) is 35.9 Å². The zero-order chi connectivity index (χ0) is 13.1. The second-order valence-corrected chi connectivity index (χ2v) is 5.85. The molecule has 19 heavy (non-hydrogen) atoms. The van der Waals surface area contributed by atoms with E-state index in [4.69, 9.17) is 10.5 Å². The average molecular weight is 260 g/mol. The van der Waals surface area contributed by atoms with Crippen LogP contribution in [0.3, 0.4) is 0 Å². The largest absolute Gasteiger partial charge is 0.375 e. The quantitative estimate of drug-likeness (QED) is 0.897. The number of nitrogens with two attached hydrogens (primary N) is 1. The van der Waals surface area contributed by atoms with Crippen molar-refractivity contribution in [2.45, 2.75) is 43.9 Å². The molecule has 0 aromatic heterocycles. The minimum atomic E-state index is 0.224.